The van der Waals surface area contributed by atoms with E-state index >= 15 is 0 Å². The first-order chi connectivity index (χ1) is 12.4. The van der Waals surface area contributed by atoms with Crippen LogP contribution in [0.3, 0.4) is 0 Å². The van der Waals surface area contributed by atoms with Gasteiger partial charge in [-0.1, -0.05) is 12.1 Å². The molecule has 0 amide bonds. The summed E-state index contributed by atoms with van der Waals surface area (Å²) in [6, 6.07) is 5.26. The Morgan fingerprint density at radius 3 is 1.59 bits per heavy atom. The largest absolute Gasteiger partial charge is 0.418 e. The average molecular weight is 526 g/mol. The minimum atomic E-state index is -4.64. The molecule has 2 aromatic heterocycles. The summed E-state index contributed by atoms with van der Waals surface area (Å²) in [5.41, 5.74) is -0.279. The first-order valence-electron chi connectivity index (χ1n) is 6.93. The highest BCUT2D eigenvalue weighted by Gasteiger charge is 2.41. The number of methoxy groups -OCH3 is 1. The van der Waals surface area contributed by atoms with E-state index < -0.39 is 24.6 Å². The van der Waals surface area contributed by atoms with Crippen molar-refractivity contribution >= 4 is 31.9 Å². The van der Waals surface area contributed by atoms with Crippen LogP contribution in [0.5, 0.6) is 0 Å². The van der Waals surface area contributed by atoms with E-state index in [0.717, 1.165) is 25.6 Å². The van der Waals surface area contributed by atoms with Gasteiger partial charge in [-0.15, -0.1) is 0 Å². The van der Waals surface area contributed by atoms with Gasteiger partial charge in [0.2, 0.25) is 0 Å². The molecule has 0 aliphatic carbocycles. The Hall–Kier alpha value is -1.24. The molecule has 12 heteroatoms. The molecule has 2 aromatic rings. The van der Waals surface area contributed by atoms with Crippen LogP contribution in [0.15, 0.2) is 45.9 Å². The zero-order valence-electron chi connectivity index (χ0n) is 13.4. The number of halogens is 8. The monoisotopic (exact) mass is 524 g/mol. The van der Waals surface area contributed by atoms with Crippen molar-refractivity contribution in [3.05, 3.63) is 57.0 Å². The minimum Gasteiger partial charge on any atom is -0.379 e. The average Bonchev–Trinajstić information content (AvgIpc) is 2.56. The fraction of sp³-hybridized carbons (Fsp3) is 0.333. The van der Waals surface area contributed by atoms with E-state index in [4.69, 9.17) is 5.11 Å². The van der Waals surface area contributed by atoms with E-state index in [1.807, 2.05) is 0 Å². The highest BCUT2D eigenvalue weighted by Crippen LogP contribution is 2.35. The quantitative estimate of drug-likeness (QED) is 0.422. The molecule has 27 heavy (non-hydrogen) atoms. The number of rotatable bonds is 3. The molecule has 0 fully saturated rings. The Morgan fingerprint density at radius 2 is 1.30 bits per heavy atom. The van der Waals surface area contributed by atoms with E-state index in [2.05, 4.69) is 46.6 Å². The normalized spacial score (nSPS) is 14.1. The Labute approximate surface area is 166 Å². The lowest BCUT2D eigenvalue weighted by Crippen LogP contribution is -2.22. The summed E-state index contributed by atoms with van der Waals surface area (Å²) in [5.74, 6) is 0. The second kappa shape index (κ2) is 9.80. The molecule has 0 radical (unpaired) electrons. The van der Waals surface area contributed by atoms with Gasteiger partial charge in [0.05, 0.1) is 0 Å². The summed E-state index contributed by atoms with van der Waals surface area (Å²) in [6.07, 6.45) is -11.3. The molecule has 0 saturated heterocycles. The Bertz CT molecular complexity index is 708. The molecule has 4 nitrogen and oxygen atoms in total. The van der Waals surface area contributed by atoms with Gasteiger partial charge in [0.1, 0.15) is 9.21 Å². The van der Waals surface area contributed by atoms with Gasteiger partial charge in [-0.2, -0.15) is 26.3 Å². The fourth-order valence-electron chi connectivity index (χ4n) is 1.74. The first kappa shape index (κ1) is 23.8. The third-order valence-electron chi connectivity index (χ3n) is 2.96. The molecule has 1 N–H and O–H groups in total. The zero-order chi connectivity index (χ0) is 20.8. The van der Waals surface area contributed by atoms with Gasteiger partial charge in [0, 0.05) is 30.6 Å². The highest BCUT2D eigenvalue weighted by atomic mass is 79.9. The van der Waals surface area contributed by atoms with Crippen LogP contribution in [-0.4, -0.2) is 34.5 Å². The molecule has 0 aliphatic rings. The maximum Gasteiger partial charge on any atom is 0.418 e. The molecule has 0 bridgehead atoms. The van der Waals surface area contributed by atoms with Crippen LogP contribution in [-0.2, 0) is 4.74 Å². The first-order valence-corrected chi connectivity index (χ1v) is 8.52. The van der Waals surface area contributed by atoms with Crippen molar-refractivity contribution in [3.8, 4) is 0 Å². The van der Waals surface area contributed by atoms with Crippen LogP contribution >= 0.6 is 31.9 Å². The molecule has 0 aromatic carbocycles. The number of alkyl halides is 6. The van der Waals surface area contributed by atoms with Gasteiger partial charge < -0.3 is 9.84 Å². The zero-order valence-corrected chi connectivity index (χ0v) is 16.6. The van der Waals surface area contributed by atoms with Crippen LogP contribution < -0.4 is 0 Å². The number of aliphatic hydroxyl groups is 1. The van der Waals surface area contributed by atoms with E-state index in [-0.39, 0.29) is 11.1 Å². The van der Waals surface area contributed by atoms with Crippen LogP contribution in [0, 0.1) is 0 Å². The predicted molar refractivity (Wildman–Crippen MR) is 90.7 cm³/mol. The molecule has 2 rings (SSSR count). The standard InChI is InChI=1S/C8H7BrF3NO.C7H5BrF3NO/c1-14-7(8(10,11)12)5-2-3-6(9)13-4-5;8-5-2-1-4(3-12-5)6(13)7(9,10)11/h2-4,7H,1H3;1-3,6,13H. The molecule has 0 aliphatic heterocycles. The molecular weight excluding hydrogens is 514 g/mol. The fourth-order valence-corrected chi connectivity index (χ4v) is 2.21. The van der Waals surface area contributed by atoms with Crippen molar-refractivity contribution in [2.24, 2.45) is 0 Å². The summed E-state index contributed by atoms with van der Waals surface area (Å²) in [6.45, 7) is 0. The lowest BCUT2D eigenvalue weighted by Gasteiger charge is -2.18. The maximum atomic E-state index is 12.3. The number of hydrogen-bond donors (Lipinski definition) is 1. The molecular formula is C15H12Br2F6N2O2. The van der Waals surface area contributed by atoms with Crippen molar-refractivity contribution in [1.82, 2.24) is 9.97 Å². The summed E-state index contributed by atoms with van der Waals surface area (Å²) < 4.78 is 78.1. The molecule has 0 spiro atoms. The van der Waals surface area contributed by atoms with Crippen LogP contribution in [0.1, 0.15) is 23.3 Å². The van der Waals surface area contributed by atoms with Crippen molar-refractivity contribution in [2.75, 3.05) is 7.11 Å². The van der Waals surface area contributed by atoms with Gasteiger partial charge >= 0.3 is 12.4 Å². The number of aromatic nitrogens is 2. The molecule has 2 atom stereocenters. The molecule has 2 unspecified atom stereocenters. The second-order valence-electron chi connectivity index (χ2n) is 4.93. The summed E-state index contributed by atoms with van der Waals surface area (Å²) >= 11 is 6.00. The minimum absolute atomic E-state index is 0.0109. The van der Waals surface area contributed by atoms with Gasteiger partial charge in [-0.05, 0) is 44.0 Å². The SMILES string of the molecule is COC(c1ccc(Br)nc1)C(F)(F)F.OC(c1ccc(Br)nc1)C(F)(F)F. The smallest absolute Gasteiger partial charge is 0.379 e. The van der Waals surface area contributed by atoms with E-state index in [1.54, 1.807) is 0 Å². The number of aliphatic hydroxyl groups excluding tert-OH is 1. The van der Waals surface area contributed by atoms with E-state index in [1.165, 1.54) is 18.2 Å². The van der Waals surface area contributed by atoms with Crippen molar-refractivity contribution < 1.29 is 36.2 Å². The van der Waals surface area contributed by atoms with Crippen molar-refractivity contribution in [3.63, 3.8) is 0 Å². The Morgan fingerprint density at radius 1 is 0.852 bits per heavy atom. The maximum absolute atomic E-state index is 12.3. The van der Waals surface area contributed by atoms with Crippen molar-refractivity contribution in [2.45, 2.75) is 24.6 Å². The van der Waals surface area contributed by atoms with Gasteiger partial charge in [0.15, 0.2) is 12.2 Å². The van der Waals surface area contributed by atoms with Gasteiger partial charge in [-0.3, -0.25) is 0 Å². The summed E-state index contributed by atoms with van der Waals surface area (Å²) in [4.78, 5) is 7.27. The lowest BCUT2D eigenvalue weighted by molar-refractivity contribution is -0.216. The summed E-state index contributed by atoms with van der Waals surface area (Å²) in [5, 5.41) is 8.77. The van der Waals surface area contributed by atoms with Crippen LogP contribution in [0.25, 0.3) is 0 Å². The predicted octanol–water partition coefficient (Wildman–Crippen LogP) is 5.53. The van der Waals surface area contributed by atoms with E-state index in [0.29, 0.717) is 9.21 Å². The number of nitrogens with zero attached hydrogens (tertiary/aromatic N) is 2. The van der Waals surface area contributed by atoms with Crippen molar-refractivity contribution in [1.29, 1.82) is 0 Å². The number of pyridine rings is 2. The third kappa shape index (κ3) is 7.72. The Balaban J connectivity index is 0.000000271. The van der Waals surface area contributed by atoms with E-state index in [9.17, 15) is 26.3 Å². The van der Waals surface area contributed by atoms with Crippen LogP contribution in [0.2, 0.25) is 0 Å². The number of ether oxygens (including phenoxy) is 1. The second-order valence-corrected chi connectivity index (χ2v) is 6.55. The molecule has 2 heterocycles. The third-order valence-corrected chi connectivity index (χ3v) is 3.90. The molecule has 150 valence electrons. The molecule has 0 saturated carbocycles. The summed E-state index contributed by atoms with van der Waals surface area (Å²) in [7, 11) is 1.01. The Kier molecular flexibility index (Phi) is 8.64. The topological polar surface area (TPSA) is 55.2 Å². The lowest BCUT2D eigenvalue weighted by atomic mass is 10.1. The highest BCUT2D eigenvalue weighted by molar-refractivity contribution is 9.10. The van der Waals surface area contributed by atoms with Gasteiger partial charge in [0.25, 0.3) is 0 Å². The number of hydrogen-bond acceptors (Lipinski definition) is 4. The van der Waals surface area contributed by atoms with Gasteiger partial charge in [-0.25, -0.2) is 9.97 Å². The van der Waals surface area contributed by atoms with Crippen LogP contribution in [0.4, 0.5) is 26.3 Å².